The monoisotopic (exact) mass is 234 g/mol. The fourth-order valence-corrected chi connectivity index (χ4v) is 3.23. The number of urea groups is 1. The molecule has 3 unspecified atom stereocenters. The van der Waals surface area contributed by atoms with Gasteiger partial charge in [0.1, 0.15) is 0 Å². The summed E-state index contributed by atoms with van der Waals surface area (Å²) in [6.45, 7) is 0. The lowest BCUT2D eigenvalue weighted by Gasteiger charge is -2.19. The molecule has 0 aliphatic heterocycles. The van der Waals surface area contributed by atoms with Crippen molar-refractivity contribution in [2.45, 2.75) is 18.9 Å². The number of thiophene rings is 1. The molecule has 2 amide bonds. The molecule has 84 valence electrons. The highest BCUT2D eigenvalue weighted by Crippen LogP contribution is 2.38. The van der Waals surface area contributed by atoms with E-state index in [0.717, 1.165) is 11.4 Å². The number of hydrogen-bond acceptors (Lipinski definition) is 2. The lowest BCUT2D eigenvalue weighted by Crippen LogP contribution is -2.40. The Morgan fingerprint density at radius 1 is 1.38 bits per heavy atom. The molecule has 16 heavy (non-hydrogen) atoms. The third-order valence-corrected chi connectivity index (χ3v) is 4.14. The van der Waals surface area contributed by atoms with Crippen molar-refractivity contribution >= 4 is 22.4 Å². The molecule has 1 heterocycles. The van der Waals surface area contributed by atoms with Crippen LogP contribution in [0, 0.1) is 11.8 Å². The zero-order valence-corrected chi connectivity index (χ0v) is 9.67. The first kappa shape index (κ1) is 9.90. The van der Waals surface area contributed by atoms with Crippen LogP contribution in [-0.2, 0) is 0 Å². The Labute approximate surface area is 98.6 Å². The molecule has 3 atom stereocenters. The Morgan fingerprint density at radius 2 is 2.31 bits per heavy atom. The van der Waals surface area contributed by atoms with Gasteiger partial charge in [0, 0.05) is 6.04 Å². The first-order chi connectivity index (χ1) is 7.81. The van der Waals surface area contributed by atoms with Crippen LogP contribution in [0.25, 0.3) is 0 Å². The molecule has 2 N–H and O–H groups in total. The molecule has 0 saturated heterocycles. The Hall–Kier alpha value is -1.29. The van der Waals surface area contributed by atoms with E-state index in [2.05, 4.69) is 22.8 Å². The Bertz CT molecular complexity index is 413. The summed E-state index contributed by atoms with van der Waals surface area (Å²) in [6.07, 6.45) is 6.83. The number of allylic oxidation sites excluding steroid dienone is 1. The van der Waals surface area contributed by atoms with Crippen molar-refractivity contribution in [3.63, 3.8) is 0 Å². The van der Waals surface area contributed by atoms with Crippen molar-refractivity contribution in [3.8, 4) is 0 Å². The fourth-order valence-electron chi connectivity index (χ4n) is 2.61. The summed E-state index contributed by atoms with van der Waals surface area (Å²) in [7, 11) is 0. The van der Waals surface area contributed by atoms with Gasteiger partial charge in [-0.2, -0.15) is 0 Å². The van der Waals surface area contributed by atoms with E-state index in [4.69, 9.17) is 0 Å². The van der Waals surface area contributed by atoms with Crippen LogP contribution in [0.4, 0.5) is 9.80 Å². The zero-order chi connectivity index (χ0) is 11.0. The van der Waals surface area contributed by atoms with Crippen molar-refractivity contribution < 1.29 is 4.79 Å². The lowest BCUT2D eigenvalue weighted by molar-refractivity contribution is 0.246. The van der Waals surface area contributed by atoms with Gasteiger partial charge in [0.2, 0.25) is 0 Å². The second-order valence-corrected chi connectivity index (χ2v) is 5.41. The minimum absolute atomic E-state index is 0.0756. The van der Waals surface area contributed by atoms with E-state index in [1.165, 1.54) is 17.8 Å². The summed E-state index contributed by atoms with van der Waals surface area (Å²) in [5.41, 5.74) is 0. The quantitative estimate of drug-likeness (QED) is 0.759. The van der Waals surface area contributed by atoms with E-state index in [-0.39, 0.29) is 6.03 Å². The van der Waals surface area contributed by atoms with Gasteiger partial charge in [-0.05, 0) is 42.2 Å². The normalized spacial score (nSPS) is 30.6. The van der Waals surface area contributed by atoms with Crippen LogP contribution in [0.3, 0.4) is 0 Å². The second-order valence-electron chi connectivity index (χ2n) is 4.46. The second kappa shape index (κ2) is 3.94. The van der Waals surface area contributed by atoms with E-state index in [1.807, 2.05) is 17.5 Å². The number of nitrogens with one attached hydrogen (secondary N) is 2. The molecule has 2 aliphatic rings. The largest absolute Gasteiger partial charge is 0.335 e. The number of amides is 2. The average molecular weight is 234 g/mol. The number of fused-ring (bicyclic) bond motifs is 2. The van der Waals surface area contributed by atoms with Crippen molar-refractivity contribution in [2.24, 2.45) is 11.8 Å². The first-order valence-electron chi connectivity index (χ1n) is 5.60. The highest BCUT2D eigenvalue weighted by atomic mass is 32.1. The van der Waals surface area contributed by atoms with Gasteiger partial charge in [-0.1, -0.05) is 12.2 Å². The van der Waals surface area contributed by atoms with Gasteiger partial charge in [0.15, 0.2) is 0 Å². The van der Waals surface area contributed by atoms with Crippen LogP contribution in [0.5, 0.6) is 0 Å². The van der Waals surface area contributed by atoms with Gasteiger partial charge in [-0.25, -0.2) is 4.79 Å². The van der Waals surface area contributed by atoms with Crippen molar-refractivity contribution in [3.05, 3.63) is 29.7 Å². The number of anilines is 1. The summed E-state index contributed by atoms with van der Waals surface area (Å²) in [6, 6.07) is 4.09. The molecule has 2 bridgehead atoms. The molecule has 1 aromatic heterocycles. The molecule has 2 aliphatic carbocycles. The topological polar surface area (TPSA) is 41.1 Å². The molecule has 3 rings (SSSR count). The molecule has 0 spiro atoms. The minimum Gasteiger partial charge on any atom is -0.335 e. The molecule has 1 fully saturated rings. The average Bonchev–Trinajstić information content (AvgIpc) is 2.92. The summed E-state index contributed by atoms with van der Waals surface area (Å²) in [4.78, 5) is 11.7. The standard InChI is InChI=1S/C12H14N2OS/c15-12(14-11-2-1-5-16-11)13-10-7-8-3-4-9(10)6-8/h1-5,8-10H,6-7H2,(H2,13,14,15). The summed E-state index contributed by atoms with van der Waals surface area (Å²) < 4.78 is 0. The summed E-state index contributed by atoms with van der Waals surface area (Å²) in [5.74, 6) is 1.25. The molecule has 0 radical (unpaired) electrons. The Balaban J connectivity index is 1.55. The number of hydrogen-bond donors (Lipinski definition) is 2. The summed E-state index contributed by atoms with van der Waals surface area (Å²) in [5, 5.41) is 8.76. The van der Waals surface area contributed by atoms with Gasteiger partial charge in [0.25, 0.3) is 0 Å². The molecule has 4 heteroatoms. The van der Waals surface area contributed by atoms with Crippen molar-refractivity contribution in [2.75, 3.05) is 5.32 Å². The van der Waals surface area contributed by atoms with Gasteiger partial charge in [-0.15, -0.1) is 11.3 Å². The third-order valence-electron chi connectivity index (χ3n) is 3.35. The maximum absolute atomic E-state index is 11.7. The molecule has 3 nitrogen and oxygen atoms in total. The predicted octanol–water partition coefficient (Wildman–Crippen LogP) is 2.83. The van der Waals surface area contributed by atoms with E-state index >= 15 is 0 Å². The SMILES string of the molecule is O=C(Nc1cccs1)NC1CC2C=CC1C2. The number of carbonyl (C=O) groups excluding carboxylic acids is 1. The van der Waals surface area contributed by atoms with E-state index < -0.39 is 0 Å². The van der Waals surface area contributed by atoms with Gasteiger partial charge < -0.3 is 5.32 Å². The third kappa shape index (κ3) is 1.85. The first-order valence-corrected chi connectivity index (χ1v) is 6.48. The highest BCUT2D eigenvalue weighted by Gasteiger charge is 2.36. The van der Waals surface area contributed by atoms with Crippen LogP contribution >= 0.6 is 11.3 Å². The number of carbonyl (C=O) groups is 1. The minimum atomic E-state index is -0.0756. The maximum Gasteiger partial charge on any atom is 0.320 e. The maximum atomic E-state index is 11.7. The molecular formula is C12H14N2OS. The van der Waals surface area contributed by atoms with Crippen LogP contribution in [0.15, 0.2) is 29.7 Å². The van der Waals surface area contributed by atoms with Crippen LogP contribution < -0.4 is 10.6 Å². The molecule has 1 aromatic rings. The van der Waals surface area contributed by atoms with Crippen LogP contribution in [-0.4, -0.2) is 12.1 Å². The molecule has 0 aromatic carbocycles. The van der Waals surface area contributed by atoms with Crippen molar-refractivity contribution in [1.29, 1.82) is 0 Å². The fraction of sp³-hybridized carbons (Fsp3) is 0.417. The summed E-state index contributed by atoms with van der Waals surface area (Å²) >= 11 is 1.54. The van der Waals surface area contributed by atoms with Crippen LogP contribution in [0.1, 0.15) is 12.8 Å². The lowest BCUT2D eigenvalue weighted by atomic mass is 10.0. The zero-order valence-electron chi connectivity index (χ0n) is 8.85. The van der Waals surface area contributed by atoms with E-state index in [9.17, 15) is 4.79 Å². The predicted molar refractivity (Wildman–Crippen MR) is 65.6 cm³/mol. The Kier molecular flexibility index (Phi) is 2.44. The molecule has 1 saturated carbocycles. The van der Waals surface area contributed by atoms with Crippen molar-refractivity contribution in [1.82, 2.24) is 5.32 Å². The highest BCUT2D eigenvalue weighted by molar-refractivity contribution is 7.14. The van der Waals surface area contributed by atoms with E-state index in [1.54, 1.807) is 0 Å². The van der Waals surface area contributed by atoms with Gasteiger partial charge in [0.05, 0.1) is 5.00 Å². The number of rotatable bonds is 2. The smallest absolute Gasteiger partial charge is 0.320 e. The Morgan fingerprint density at radius 3 is 2.94 bits per heavy atom. The molecular weight excluding hydrogens is 220 g/mol. The van der Waals surface area contributed by atoms with Gasteiger partial charge in [-0.3, -0.25) is 5.32 Å². The van der Waals surface area contributed by atoms with Gasteiger partial charge >= 0.3 is 6.03 Å². The van der Waals surface area contributed by atoms with Crippen LogP contribution in [0.2, 0.25) is 0 Å². The van der Waals surface area contributed by atoms with E-state index in [0.29, 0.717) is 17.9 Å².